The van der Waals surface area contributed by atoms with Crippen molar-refractivity contribution in [2.24, 2.45) is 5.73 Å². The first-order valence-electron chi connectivity index (χ1n) is 7.02. The molecule has 0 heterocycles. The van der Waals surface area contributed by atoms with Gasteiger partial charge in [-0.3, -0.25) is 0 Å². The minimum Gasteiger partial charge on any atom is -0.496 e. The fourth-order valence-corrected chi connectivity index (χ4v) is 2.00. The minimum absolute atomic E-state index is 0.374. The smallest absolute Gasteiger partial charge is 0.407 e. The van der Waals surface area contributed by atoms with Gasteiger partial charge in [0.05, 0.1) is 7.11 Å². The van der Waals surface area contributed by atoms with Crippen LogP contribution in [0.4, 0.5) is 4.79 Å². The van der Waals surface area contributed by atoms with Gasteiger partial charge in [0.15, 0.2) is 0 Å². The van der Waals surface area contributed by atoms with Gasteiger partial charge in [0.2, 0.25) is 0 Å². The standard InChI is InChI=1S/C16H26N2O3/c1-15(2,3)21-14(19)18-11-16(4,10-17)12-8-6-7-9-13(12)20-5/h6-9H,10-11,17H2,1-5H3,(H,18,19). The molecule has 1 aromatic rings. The average molecular weight is 294 g/mol. The summed E-state index contributed by atoms with van der Waals surface area (Å²) in [5, 5.41) is 2.78. The summed E-state index contributed by atoms with van der Waals surface area (Å²) in [5.41, 5.74) is 5.95. The number of rotatable bonds is 5. The third kappa shape index (κ3) is 4.93. The SMILES string of the molecule is COc1ccccc1C(C)(CN)CNC(=O)OC(C)(C)C. The van der Waals surface area contributed by atoms with Crippen molar-refractivity contribution in [2.45, 2.75) is 38.7 Å². The molecule has 118 valence electrons. The van der Waals surface area contributed by atoms with Crippen molar-refractivity contribution in [3.63, 3.8) is 0 Å². The molecule has 1 aromatic carbocycles. The number of nitrogens with two attached hydrogens (primary N) is 1. The van der Waals surface area contributed by atoms with Crippen molar-refractivity contribution in [1.29, 1.82) is 0 Å². The summed E-state index contributed by atoms with van der Waals surface area (Å²) in [6.07, 6.45) is -0.447. The van der Waals surface area contributed by atoms with Crippen LogP contribution in [0.25, 0.3) is 0 Å². The van der Waals surface area contributed by atoms with Crippen molar-refractivity contribution >= 4 is 6.09 Å². The number of hydrogen-bond donors (Lipinski definition) is 2. The van der Waals surface area contributed by atoms with Crippen LogP contribution in [0.15, 0.2) is 24.3 Å². The van der Waals surface area contributed by atoms with Gasteiger partial charge in [0.1, 0.15) is 11.4 Å². The minimum atomic E-state index is -0.520. The number of nitrogens with one attached hydrogen (secondary N) is 1. The summed E-state index contributed by atoms with van der Waals surface area (Å²) in [6, 6.07) is 7.68. The van der Waals surface area contributed by atoms with E-state index in [1.54, 1.807) is 7.11 Å². The zero-order valence-corrected chi connectivity index (χ0v) is 13.5. The second-order valence-corrected chi connectivity index (χ2v) is 6.32. The molecule has 0 saturated heterocycles. The Hall–Kier alpha value is -1.75. The number of carbonyl (C=O) groups excluding carboxylic acids is 1. The van der Waals surface area contributed by atoms with E-state index in [2.05, 4.69) is 5.32 Å². The second-order valence-electron chi connectivity index (χ2n) is 6.32. The maximum absolute atomic E-state index is 11.8. The van der Waals surface area contributed by atoms with E-state index >= 15 is 0 Å². The van der Waals surface area contributed by atoms with Crippen LogP contribution in [0, 0.1) is 0 Å². The molecule has 1 atom stereocenters. The lowest BCUT2D eigenvalue weighted by molar-refractivity contribution is 0.0516. The first kappa shape index (κ1) is 17.3. The van der Waals surface area contributed by atoms with Gasteiger partial charge in [0, 0.05) is 24.1 Å². The fraction of sp³-hybridized carbons (Fsp3) is 0.562. The van der Waals surface area contributed by atoms with Gasteiger partial charge in [-0.1, -0.05) is 25.1 Å². The Kier molecular flexibility index (Phi) is 5.61. The summed E-state index contributed by atoms with van der Waals surface area (Å²) >= 11 is 0. The van der Waals surface area contributed by atoms with Gasteiger partial charge in [0.25, 0.3) is 0 Å². The maximum atomic E-state index is 11.8. The van der Waals surface area contributed by atoms with Crippen LogP contribution >= 0.6 is 0 Å². The number of ether oxygens (including phenoxy) is 2. The van der Waals surface area contributed by atoms with Crippen molar-refractivity contribution < 1.29 is 14.3 Å². The lowest BCUT2D eigenvalue weighted by Gasteiger charge is -2.31. The van der Waals surface area contributed by atoms with Crippen LogP contribution in [0.2, 0.25) is 0 Å². The Morgan fingerprint density at radius 2 is 1.86 bits per heavy atom. The first-order valence-corrected chi connectivity index (χ1v) is 7.02. The van der Waals surface area contributed by atoms with Crippen LogP contribution in [0.3, 0.4) is 0 Å². The molecule has 1 rings (SSSR count). The lowest BCUT2D eigenvalue weighted by Crippen LogP contribution is -2.45. The first-order chi connectivity index (χ1) is 9.72. The van der Waals surface area contributed by atoms with E-state index in [1.807, 2.05) is 52.0 Å². The summed E-state index contributed by atoms with van der Waals surface area (Å²) in [4.78, 5) is 11.8. The Bertz CT molecular complexity index is 483. The Morgan fingerprint density at radius 3 is 2.38 bits per heavy atom. The van der Waals surface area contributed by atoms with Gasteiger partial charge in [-0.15, -0.1) is 0 Å². The molecule has 5 heteroatoms. The number of methoxy groups -OCH3 is 1. The van der Waals surface area contributed by atoms with E-state index < -0.39 is 17.1 Å². The van der Waals surface area contributed by atoms with Gasteiger partial charge < -0.3 is 20.5 Å². The molecule has 0 fully saturated rings. The summed E-state index contributed by atoms with van der Waals surface area (Å²) in [6.45, 7) is 8.23. The molecule has 3 N–H and O–H groups in total. The van der Waals surface area contributed by atoms with Gasteiger partial charge in [-0.25, -0.2) is 4.79 Å². The van der Waals surface area contributed by atoms with E-state index in [0.29, 0.717) is 13.1 Å². The van der Waals surface area contributed by atoms with Crippen LogP contribution in [-0.2, 0) is 10.2 Å². The Morgan fingerprint density at radius 1 is 1.24 bits per heavy atom. The molecule has 1 amide bonds. The van der Waals surface area contributed by atoms with Crippen molar-refractivity contribution in [2.75, 3.05) is 20.2 Å². The molecule has 5 nitrogen and oxygen atoms in total. The second kappa shape index (κ2) is 6.80. The monoisotopic (exact) mass is 294 g/mol. The third-order valence-corrected chi connectivity index (χ3v) is 3.23. The molecule has 0 aliphatic carbocycles. The molecule has 0 aliphatic rings. The topological polar surface area (TPSA) is 73.6 Å². The molecule has 0 aromatic heterocycles. The van der Waals surface area contributed by atoms with E-state index in [-0.39, 0.29) is 0 Å². The zero-order valence-electron chi connectivity index (χ0n) is 13.5. The predicted octanol–water partition coefficient (Wildman–Crippen LogP) is 2.44. The highest BCUT2D eigenvalue weighted by Crippen LogP contribution is 2.30. The van der Waals surface area contributed by atoms with Crippen molar-refractivity contribution in [1.82, 2.24) is 5.32 Å². The number of benzene rings is 1. The third-order valence-electron chi connectivity index (χ3n) is 3.23. The normalized spacial score (nSPS) is 14.2. The van der Waals surface area contributed by atoms with E-state index in [1.165, 1.54) is 0 Å². The molecule has 0 spiro atoms. The number of hydrogen-bond acceptors (Lipinski definition) is 4. The van der Waals surface area contributed by atoms with E-state index in [4.69, 9.17) is 15.2 Å². The Balaban J connectivity index is 2.83. The van der Waals surface area contributed by atoms with Crippen LogP contribution in [0.1, 0.15) is 33.3 Å². The van der Waals surface area contributed by atoms with Crippen LogP contribution < -0.4 is 15.8 Å². The summed E-state index contributed by atoms with van der Waals surface area (Å²) in [7, 11) is 1.62. The molecule has 0 radical (unpaired) electrons. The highest BCUT2D eigenvalue weighted by atomic mass is 16.6. The van der Waals surface area contributed by atoms with Crippen molar-refractivity contribution in [3.8, 4) is 5.75 Å². The number of alkyl carbamates (subject to hydrolysis) is 1. The van der Waals surface area contributed by atoms with E-state index in [0.717, 1.165) is 11.3 Å². The molecule has 0 aliphatic heterocycles. The zero-order chi connectivity index (χ0) is 16.1. The molecular weight excluding hydrogens is 268 g/mol. The number of para-hydroxylation sites is 1. The maximum Gasteiger partial charge on any atom is 0.407 e. The molecule has 1 unspecified atom stereocenters. The molecule has 21 heavy (non-hydrogen) atoms. The van der Waals surface area contributed by atoms with Crippen molar-refractivity contribution in [3.05, 3.63) is 29.8 Å². The number of carbonyl (C=O) groups is 1. The van der Waals surface area contributed by atoms with Gasteiger partial charge in [-0.05, 0) is 26.8 Å². The summed E-state index contributed by atoms with van der Waals surface area (Å²) < 4.78 is 10.6. The van der Waals surface area contributed by atoms with Crippen LogP contribution in [-0.4, -0.2) is 31.9 Å². The van der Waals surface area contributed by atoms with Gasteiger partial charge in [-0.2, -0.15) is 0 Å². The molecule has 0 bridgehead atoms. The lowest BCUT2D eigenvalue weighted by atomic mass is 9.82. The Labute approximate surface area is 126 Å². The van der Waals surface area contributed by atoms with Gasteiger partial charge >= 0.3 is 6.09 Å². The van der Waals surface area contributed by atoms with E-state index in [9.17, 15) is 4.79 Å². The summed E-state index contributed by atoms with van der Waals surface area (Å²) in [5.74, 6) is 0.761. The van der Waals surface area contributed by atoms with Crippen LogP contribution in [0.5, 0.6) is 5.75 Å². The quantitative estimate of drug-likeness (QED) is 0.874. The molecular formula is C16H26N2O3. The number of amides is 1. The average Bonchev–Trinajstić information content (AvgIpc) is 2.43. The predicted molar refractivity (Wildman–Crippen MR) is 83.6 cm³/mol. The highest BCUT2D eigenvalue weighted by Gasteiger charge is 2.29. The highest BCUT2D eigenvalue weighted by molar-refractivity contribution is 5.68. The largest absolute Gasteiger partial charge is 0.496 e. The molecule has 0 saturated carbocycles. The fourth-order valence-electron chi connectivity index (χ4n) is 2.00.